The molecule has 2 aromatic heterocycles. The van der Waals surface area contributed by atoms with Crippen LogP contribution < -0.4 is 5.73 Å². The lowest BCUT2D eigenvalue weighted by Crippen LogP contribution is -2.21. The van der Waals surface area contributed by atoms with E-state index in [0.29, 0.717) is 51.4 Å². The Morgan fingerprint density at radius 3 is 2.49 bits per heavy atom. The molecular formula is C31H28FN5O3S. The Morgan fingerprint density at radius 2 is 1.83 bits per heavy atom. The number of rotatable bonds is 8. The summed E-state index contributed by atoms with van der Waals surface area (Å²) in [5.41, 5.74) is 10.0. The molecule has 2 aromatic carbocycles. The fourth-order valence-corrected chi connectivity index (χ4v) is 5.70. The van der Waals surface area contributed by atoms with Crippen molar-refractivity contribution in [2.45, 2.75) is 56.3 Å². The molecule has 0 radical (unpaired) electrons. The molecule has 0 saturated carbocycles. The third kappa shape index (κ3) is 6.26. The van der Waals surface area contributed by atoms with Crippen molar-refractivity contribution in [2.75, 3.05) is 12.3 Å². The largest absolute Gasteiger partial charge is 0.441 e. The van der Waals surface area contributed by atoms with Crippen molar-refractivity contribution in [3.63, 3.8) is 0 Å². The van der Waals surface area contributed by atoms with E-state index in [1.165, 1.54) is 23.9 Å². The first-order chi connectivity index (χ1) is 19.7. The zero-order valence-corrected chi connectivity index (χ0v) is 23.7. The molecule has 0 bridgehead atoms. The number of nitrogens with two attached hydrogens (primary N) is 1. The van der Waals surface area contributed by atoms with E-state index in [4.69, 9.17) is 19.6 Å². The van der Waals surface area contributed by atoms with Crippen LogP contribution in [0.1, 0.15) is 48.4 Å². The van der Waals surface area contributed by atoms with Gasteiger partial charge in [-0.25, -0.2) is 14.4 Å². The predicted molar refractivity (Wildman–Crippen MR) is 153 cm³/mol. The van der Waals surface area contributed by atoms with Crippen molar-refractivity contribution in [1.82, 2.24) is 9.97 Å². The molecule has 4 aromatic rings. The number of aromatic nitrogens is 2. The number of thioether (sulfide) groups is 1. The number of hydrogen-bond acceptors (Lipinski definition) is 9. The van der Waals surface area contributed by atoms with Crippen LogP contribution >= 0.6 is 11.8 Å². The van der Waals surface area contributed by atoms with Gasteiger partial charge in [-0.2, -0.15) is 10.5 Å². The highest BCUT2D eigenvalue weighted by Gasteiger charge is 2.32. The third-order valence-corrected chi connectivity index (χ3v) is 7.78. The van der Waals surface area contributed by atoms with Crippen LogP contribution in [-0.4, -0.2) is 28.5 Å². The number of hydrogen-bond donors (Lipinski definition) is 1. The van der Waals surface area contributed by atoms with Gasteiger partial charge in [0.2, 0.25) is 5.89 Å². The van der Waals surface area contributed by atoms with E-state index in [1.807, 2.05) is 38.1 Å². The Kier molecular flexibility index (Phi) is 8.09. The fourth-order valence-electron chi connectivity index (χ4n) is 4.71. The number of halogens is 1. The van der Waals surface area contributed by atoms with Gasteiger partial charge in [-0.1, -0.05) is 42.1 Å². The molecule has 1 aliphatic heterocycles. The van der Waals surface area contributed by atoms with Crippen molar-refractivity contribution in [3.8, 4) is 34.7 Å². The van der Waals surface area contributed by atoms with Gasteiger partial charge in [0.1, 0.15) is 40.1 Å². The maximum atomic E-state index is 13.7. The molecule has 5 rings (SSSR count). The Hall–Kier alpha value is -4.22. The van der Waals surface area contributed by atoms with Gasteiger partial charge in [0.05, 0.1) is 24.0 Å². The molecule has 10 heteroatoms. The number of aryl methyl sites for hydroxylation is 2. The summed E-state index contributed by atoms with van der Waals surface area (Å²) in [7, 11) is 0. The smallest absolute Gasteiger partial charge is 0.226 e. The summed E-state index contributed by atoms with van der Waals surface area (Å²) < 4.78 is 31.0. The highest BCUT2D eigenvalue weighted by molar-refractivity contribution is 7.98. The molecule has 41 heavy (non-hydrogen) atoms. The number of benzene rings is 2. The van der Waals surface area contributed by atoms with Gasteiger partial charge in [0.25, 0.3) is 0 Å². The van der Waals surface area contributed by atoms with Crippen molar-refractivity contribution in [1.29, 1.82) is 10.5 Å². The van der Waals surface area contributed by atoms with E-state index in [2.05, 4.69) is 22.1 Å². The number of nitrogen functional groups attached to an aromatic ring is 1. The van der Waals surface area contributed by atoms with Crippen LogP contribution in [0.5, 0.6) is 0 Å². The lowest BCUT2D eigenvalue weighted by molar-refractivity contribution is -0.138. The summed E-state index contributed by atoms with van der Waals surface area (Å²) >= 11 is 1.27. The maximum Gasteiger partial charge on any atom is 0.226 e. The van der Waals surface area contributed by atoms with Crippen LogP contribution in [0.4, 0.5) is 10.2 Å². The van der Waals surface area contributed by atoms with E-state index in [-0.39, 0.29) is 28.9 Å². The van der Waals surface area contributed by atoms with Gasteiger partial charge >= 0.3 is 0 Å². The first-order valence-electron chi connectivity index (χ1n) is 13.1. The molecule has 208 valence electrons. The Morgan fingerprint density at radius 1 is 1.07 bits per heavy atom. The van der Waals surface area contributed by atoms with Crippen molar-refractivity contribution in [2.24, 2.45) is 0 Å². The topological polar surface area (TPSA) is 131 Å². The fraction of sp³-hybridized carbons (Fsp3) is 0.290. The minimum Gasteiger partial charge on any atom is -0.441 e. The summed E-state index contributed by atoms with van der Waals surface area (Å²) in [6, 6.07) is 18.1. The Labute approximate surface area is 241 Å². The number of oxazole rings is 1. The first-order valence-corrected chi connectivity index (χ1v) is 14.1. The van der Waals surface area contributed by atoms with Gasteiger partial charge in [0, 0.05) is 16.9 Å². The molecule has 0 unspecified atom stereocenters. The molecule has 0 aliphatic carbocycles. The second-order valence-electron chi connectivity index (χ2n) is 10.2. The lowest BCUT2D eigenvalue weighted by atomic mass is 9.95. The number of nitrogens with zero attached hydrogens (tertiary/aromatic N) is 4. The molecule has 1 saturated heterocycles. The van der Waals surface area contributed by atoms with Crippen molar-refractivity contribution in [3.05, 3.63) is 82.5 Å². The lowest BCUT2D eigenvalue weighted by Gasteiger charge is -2.17. The van der Waals surface area contributed by atoms with Gasteiger partial charge < -0.3 is 19.6 Å². The summed E-state index contributed by atoms with van der Waals surface area (Å²) in [4.78, 5) is 8.91. The maximum absolute atomic E-state index is 13.7. The van der Waals surface area contributed by atoms with Crippen LogP contribution in [0.25, 0.3) is 22.6 Å². The zero-order chi connectivity index (χ0) is 29.1. The van der Waals surface area contributed by atoms with Crippen molar-refractivity contribution >= 4 is 17.6 Å². The van der Waals surface area contributed by atoms with Crippen molar-refractivity contribution < 1.29 is 18.3 Å². The second kappa shape index (κ2) is 11.7. The standard InChI is InChI=1S/C31H28FN5O3S/c1-18-26(36-29(39-18)21-5-4-6-22(32)13-21)17-41-30-25(15-34)27(24(14-33)28(35)37-30)20-10-7-19(8-11-20)9-12-23-16-38-31(2,3)40-23/h4-8,10-11,13,23H,9,12,16-17H2,1-3H3,(H2,35,37)/t23-/m1/s1. The number of pyridine rings is 1. The zero-order valence-electron chi connectivity index (χ0n) is 22.9. The number of nitriles is 2. The normalized spacial score (nSPS) is 15.9. The SMILES string of the molecule is Cc1oc(-c2cccc(F)c2)nc1CSc1nc(N)c(C#N)c(-c2ccc(CC[C@@H]3COC(C)(C)O3)cc2)c1C#N. The average molecular weight is 570 g/mol. The first kappa shape index (κ1) is 28.3. The minimum atomic E-state index is -0.553. The number of ether oxygens (including phenoxy) is 2. The van der Waals surface area contributed by atoms with E-state index in [9.17, 15) is 14.9 Å². The summed E-state index contributed by atoms with van der Waals surface area (Å²) in [5, 5.41) is 20.4. The Bertz CT molecular complexity index is 1670. The highest BCUT2D eigenvalue weighted by atomic mass is 32.2. The highest BCUT2D eigenvalue weighted by Crippen LogP contribution is 2.37. The van der Waals surface area contributed by atoms with E-state index >= 15 is 0 Å². The molecule has 0 spiro atoms. The molecule has 3 heterocycles. The monoisotopic (exact) mass is 569 g/mol. The molecule has 2 N–H and O–H groups in total. The summed E-state index contributed by atoms with van der Waals surface area (Å²) in [6.07, 6.45) is 1.66. The minimum absolute atomic E-state index is 0.0398. The van der Waals surface area contributed by atoms with Gasteiger partial charge in [-0.05, 0) is 62.9 Å². The van der Waals surface area contributed by atoms with E-state index < -0.39 is 5.79 Å². The molecule has 1 aliphatic rings. The van der Waals surface area contributed by atoms with Gasteiger partial charge in [-0.15, -0.1) is 0 Å². The van der Waals surface area contributed by atoms with Gasteiger partial charge in [-0.3, -0.25) is 0 Å². The Balaban J connectivity index is 1.38. The van der Waals surface area contributed by atoms with Gasteiger partial charge in [0.15, 0.2) is 5.79 Å². The molecule has 1 fully saturated rings. The van der Waals surface area contributed by atoms with Crippen LogP contribution in [-0.2, 0) is 21.6 Å². The molecular weight excluding hydrogens is 541 g/mol. The summed E-state index contributed by atoms with van der Waals surface area (Å²) in [6.45, 7) is 6.16. The predicted octanol–water partition coefficient (Wildman–Crippen LogP) is 6.55. The molecule has 1 atom stereocenters. The van der Waals surface area contributed by atoms with E-state index in [0.717, 1.165) is 18.4 Å². The summed E-state index contributed by atoms with van der Waals surface area (Å²) in [5.74, 6) is 0.328. The van der Waals surface area contributed by atoms with Crippen LogP contribution in [0.2, 0.25) is 0 Å². The third-order valence-electron chi connectivity index (χ3n) is 6.79. The van der Waals surface area contributed by atoms with Crippen LogP contribution in [0.3, 0.4) is 0 Å². The molecule has 0 amide bonds. The number of anilines is 1. The molecule has 8 nitrogen and oxygen atoms in total. The van der Waals surface area contributed by atoms with Crippen LogP contribution in [0.15, 0.2) is 58.0 Å². The quantitative estimate of drug-likeness (QED) is 0.235. The average Bonchev–Trinajstić information content (AvgIpc) is 3.51. The second-order valence-corrected chi connectivity index (χ2v) is 11.1. The van der Waals surface area contributed by atoms with Crippen LogP contribution in [0, 0.1) is 35.4 Å². The van der Waals surface area contributed by atoms with E-state index in [1.54, 1.807) is 19.1 Å².